The van der Waals surface area contributed by atoms with Gasteiger partial charge in [0.15, 0.2) is 0 Å². The van der Waals surface area contributed by atoms with Crippen LogP contribution >= 0.6 is 27.7 Å². The molecule has 1 aromatic heterocycles. The standard InChI is InChI=1S/C14H23BrN2S/c1-3-12-14(15)13(17(4-2)16-12)10-18-11-8-6-5-7-9-11/h11H,3-10H2,1-2H3. The molecular formula is C14H23BrN2S. The molecule has 0 spiro atoms. The predicted molar refractivity (Wildman–Crippen MR) is 83.1 cm³/mol. The second-order valence-electron chi connectivity index (χ2n) is 4.95. The maximum absolute atomic E-state index is 4.67. The third-order valence-corrected chi connectivity index (χ3v) is 6.00. The summed E-state index contributed by atoms with van der Waals surface area (Å²) in [6, 6.07) is 0. The fourth-order valence-corrected chi connectivity index (χ4v) is 4.83. The van der Waals surface area contributed by atoms with Gasteiger partial charge in [0.05, 0.1) is 15.9 Å². The lowest BCUT2D eigenvalue weighted by molar-refractivity contribution is 0.515. The fourth-order valence-electron chi connectivity index (χ4n) is 2.58. The average Bonchev–Trinajstić information content (AvgIpc) is 2.73. The van der Waals surface area contributed by atoms with Gasteiger partial charge in [-0.15, -0.1) is 0 Å². The van der Waals surface area contributed by atoms with Crippen LogP contribution in [0.5, 0.6) is 0 Å². The molecule has 0 saturated heterocycles. The van der Waals surface area contributed by atoms with E-state index in [1.165, 1.54) is 48.0 Å². The number of halogens is 1. The highest BCUT2D eigenvalue weighted by Crippen LogP contribution is 2.33. The minimum absolute atomic E-state index is 0.871. The molecule has 0 atom stereocenters. The maximum atomic E-state index is 4.67. The van der Waals surface area contributed by atoms with Gasteiger partial charge in [-0.25, -0.2) is 0 Å². The van der Waals surface area contributed by atoms with Crippen LogP contribution in [0.25, 0.3) is 0 Å². The highest BCUT2D eigenvalue weighted by atomic mass is 79.9. The summed E-state index contributed by atoms with van der Waals surface area (Å²) >= 11 is 5.86. The normalized spacial score (nSPS) is 17.3. The van der Waals surface area contributed by atoms with E-state index in [4.69, 9.17) is 0 Å². The van der Waals surface area contributed by atoms with Gasteiger partial charge >= 0.3 is 0 Å². The molecule has 0 aliphatic heterocycles. The first kappa shape index (κ1) is 14.4. The molecule has 0 aromatic carbocycles. The van der Waals surface area contributed by atoms with E-state index in [1.54, 1.807) is 0 Å². The summed E-state index contributed by atoms with van der Waals surface area (Å²) in [6.45, 7) is 5.32. The zero-order chi connectivity index (χ0) is 13.0. The zero-order valence-corrected chi connectivity index (χ0v) is 13.8. The number of hydrogen-bond donors (Lipinski definition) is 0. The molecule has 0 unspecified atom stereocenters. The summed E-state index contributed by atoms with van der Waals surface area (Å²) in [6.07, 6.45) is 8.10. The van der Waals surface area contributed by atoms with Crippen molar-refractivity contribution >= 4 is 27.7 Å². The number of aromatic nitrogens is 2. The second kappa shape index (κ2) is 6.99. The number of hydrogen-bond acceptors (Lipinski definition) is 2. The van der Waals surface area contributed by atoms with Crippen molar-refractivity contribution in [1.29, 1.82) is 0 Å². The molecule has 0 amide bonds. The number of thioether (sulfide) groups is 1. The summed E-state index contributed by atoms with van der Waals surface area (Å²) in [5.74, 6) is 1.10. The molecule has 1 aliphatic carbocycles. The largest absolute Gasteiger partial charge is 0.268 e. The van der Waals surface area contributed by atoms with Crippen LogP contribution in [0.2, 0.25) is 0 Å². The lowest BCUT2D eigenvalue weighted by atomic mass is 10.0. The molecule has 0 N–H and O–H groups in total. The van der Waals surface area contributed by atoms with Crippen molar-refractivity contribution < 1.29 is 0 Å². The molecule has 4 heteroatoms. The third-order valence-electron chi connectivity index (χ3n) is 3.70. The van der Waals surface area contributed by atoms with Gasteiger partial charge in [0.25, 0.3) is 0 Å². The van der Waals surface area contributed by atoms with Gasteiger partial charge in [0.1, 0.15) is 0 Å². The molecule has 18 heavy (non-hydrogen) atoms. The van der Waals surface area contributed by atoms with Gasteiger partial charge < -0.3 is 0 Å². The predicted octanol–water partition coefficient (Wildman–Crippen LogP) is 4.79. The summed E-state index contributed by atoms with van der Waals surface area (Å²) in [5, 5.41) is 5.54. The zero-order valence-electron chi connectivity index (χ0n) is 11.4. The number of aryl methyl sites for hydroxylation is 2. The average molecular weight is 331 g/mol. The van der Waals surface area contributed by atoms with E-state index < -0.39 is 0 Å². The van der Waals surface area contributed by atoms with Crippen molar-refractivity contribution in [1.82, 2.24) is 9.78 Å². The van der Waals surface area contributed by atoms with Crippen LogP contribution in [0, 0.1) is 0 Å². The van der Waals surface area contributed by atoms with Crippen LogP contribution in [0.1, 0.15) is 57.3 Å². The van der Waals surface area contributed by atoms with Gasteiger partial charge in [-0.3, -0.25) is 4.68 Å². The Morgan fingerprint density at radius 1 is 1.28 bits per heavy atom. The van der Waals surface area contributed by atoms with Crippen LogP contribution in [-0.2, 0) is 18.7 Å². The molecule has 1 fully saturated rings. The van der Waals surface area contributed by atoms with Crippen molar-refractivity contribution in [2.75, 3.05) is 0 Å². The lowest BCUT2D eigenvalue weighted by Gasteiger charge is -2.21. The Morgan fingerprint density at radius 3 is 2.61 bits per heavy atom. The number of rotatable bonds is 5. The Kier molecular flexibility index (Phi) is 5.61. The van der Waals surface area contributed by atoms with Crippen molar-refractivity contribution in [3.63, 3.8) is 0 Å². The van der Waals surface area contributed by atoms with Crippen LogP contribution in [-0.4, -0.2) is 15.0 Å². The van der Waals surface area contributed by atoms with E-state index in [0.29, 0.717) is 0 Å². The molecule has 0 radical (unpaired) electrons. The van der Waals surface area contributed by atoms with Gasteiger partial charge in [0.2, 0.25) is 0 Å². The highest BCUT2D eigenvalue weighted by molar-refractivity contribution is 9.10. The van der Waals surface area contributed by atoms with E-state index >= 15 is 0 Å². The van der Waals surface area contributed by atoms with Crippen LogP contribution in [0.15, 0.2) is 4.47 Å². The van der Waals surface area contributed by atoms with Crippen LogP contribution in [0.4, 0.5) is 0 Å². The summed E-state index contributed by atoms with van der Waals surface area (Å²) in [7, 11) is 0. The molecule has 1 heterocycles. The van der Waals surface area contributed by atoms with E-state index in [0.717, 1.165) is 24.0 Å². The third kappa shape index (κ3) is 3.32. The van der Waals surface area contributed by atoms with Gasteiger partial charge in [-0.2, -0.15) is 16.9 Å². The number of nitrogens with zero attached hydrogens (tertiary/aromatic N) is 2. The smallest absolute Gasteiger partial charge is 0.0767 e. The molecule has 102 valence electrons. The summed E-state index contributed by atoms with van der Waals surface area (Å²) in [4.78, 5) is 0. The Labute approximate surface area is 123 Å². The first-order valence-electron chi connectivity index (χ1n) is 7.11. The molecular weight excluding hydrogens is 308 g/mol. The van der Waals surface area contributed by atoms with Gasteiger partial charge in [0, 0.05) is 17.5 Å². The maximum Gasteiger partial charge on any atom is 0.0767 e. The Hall–Kier alpha value is 0.0400. The van der Waals surface area contributed by atoms with Gasteiger partial charge in [-0.1, -0.05) is 26.2 Å². The Morgan fingerprint density at radius 2 is 2.00 bits per heavy atom. The second-order valence-corrected chi connectivity index (χ2v) is 7.03. The van der Waals surface area contributed by atoms with E-state index in [1.807, 2.05) is 0 Å². The molecule has 2 rings (SSSR count). The highest BCUT2D eigenvalue weighted by Gasteiger charge is 2.18. The topological polar surface area (TPSA) is 17.8 Å². The minimum Gasteiger partial charge on any atom is -0.268 e. The van der Waals surface area contributed by atoms with Crippen molar-refractivity contribution in [2.45, 2.75) is 69.9 Å². The van der Waals surface area contributed by atoms with Crippen molar-refractivity contribution in [3.05, 3.63) is 15.9 Å². The van der Waals surface area contributed by atoms with Crippen molar-refractivity contribution in [2.24, 2.45) is 0 Å². The summed E-state index contributed by atoms with van der Waals surface area (Å²) in [5.41, 5.74) is 2.58. The quantitative estimate of drug-likeness (QED) is 0.772. The lowest BCUT2D eigenvalue weighted by Crippen LogP contribution is -2.09. The van der Waals surface area contributed by atoms with E-state index in [2.05, 4.69) is 51.3 Å². The van der Waals surface area contributed by atoms with Crippen LogP contribution in [0.3, 0.4) is 0 Å². The molecule has 0 bridgehead atoms. The molecule has 2 nitrogen and oxygen atoms in total. The molecule has 1 aliphatic rings. The fraction of sp³-hybridized carbons (Fsp3) is 0.786. The molecule has 1 saturated carbocycles. The summed E-state index contributed by atoms with van der Waals surface area (Å²) < 4.78 is 3.41. The SMILES string of the molecule is CCc1nn(CC)c(CSC2CCCCC2)c1Br. The van der Waals surface area contributed by atoms with E-state index in [9.17, 15) is 0 Å². The van der Waals surface area contributed by atoms with Gasteiger partial charge in [-0.05, 0) is 42.1 Å². The first-order chi connectivity index (χ1) is 8.76. The molecule has 1 aromatic rings. The first-order valence-corrected chi connectivity index (χ1v) is 8.96. The van der Waals surface area contributed by atoms with Crippen LogP contribution < -0.4 is 0 Å². The minimum atomic E-state index is 0.871. The monoisotopic (exact) mass is 330 g/mol. The van der Waals surface area contributed by atoms with E-state index in [-0.39, 0.29) is 0 Å². The Balaban J connectivity index is 2.01. The Bertz CT molecular complexity index is 383. The van der Waals surface area contributed by atoms with Crippen molar-refractivity contribution in [3.8, 4) is 0 Å².